The summed E-state index contributed by atoms with van der Waals surface area (Å²) in [4.78, 5) is 12.0. The Morgan fingerprint density at radius 2 is 1.76 bits per heavy atom. The smallest absolute Gasteiger partial charge is 0.408 e. The Morgan fingerprint density at radius 1 is 1.10 bits per heavy atom. The predicted octanol–water partition coefficient (Wildman–Crippen LogP) is 4.26. The van der Waals surface area contributed by atoms with Crippen LogP contribution in [0.5, 0.6) is 0 Å². The summed E-state index contributed by atoms with van der Waals surface area (Å²) in [6.07, 6.45) is 1.47. The molecule has 1 amide bonds. The molecule has 0 bridgehead atoms. The van der Waals surface area contributed by atoms with Crippen molar-refractivity contribution < 1.29 is 9.53 Å². The zero-order valence-corrected chi connectivity index (χ0v) is 12.3. The lowest BCUT2D eigenvalue weighted by molar-refractivity contribution is 0.134. The molecule has 4 heteroatoms. The van der Waals surface area contributed by atoms with Crippen LogP contribution in [0.15, 0.2) is 54.6 Å². The monoisotopic (exact) mass is 301 g/mol. The first-order valence-electron chi connectivity index (χ1n) is 6.93. The second-order valence-electron chi connectivity index (χ2n) is 5.28. The summed E-state index contributed by atoms with van der Waals surface area (Å²) in [5.41, 5.74) is 1.77. The number of hydrogen-bond acceptors (Lipinski definition) is 2. The van der Waals surface area contributed by atoms with Crippen molar-refractivity contribution >= 4 is 17.7 Å². The van der Waals surface area contributed by atoms with Gasteiger partial charge >= 0.3 is 6.09 Å². The maximum absolute atomic E-state index is 12.0. The van der Waals surface area contributed by atoms with Gasteiger partial charge in [0.1, 0.15) is 6.61 Å². The maximum Gasteiger partial charge on any atom is 0.408 e. The number of nitrogens with one attached hydrogen (secondary N) is 1. The van der Waals surface area contributed by atoms with Gasteiger partial charge in [-0.05, 0) is 36.1 Å². The van der Waals surface area contributed by atoms with Crippen molar-refractivity contribution in [3.63, 3.8) is 0 Å². The highest BCUT2D eigenvalue weighted by Gasteiger charge is 2.46. The van der Waals surface area contributed by atoms with E-state index in [4.69, 9.17) is 16.3 Å². The average molecular weight is 302 g/mol. The van der Waals surface area contributed by atoms with E-state index in [1.165, 1.54) is 0 Å². The van der Waals surface area contributed by atoms with Gasteiger partial charge in [-0.3, -0.25) is 0 Å². The molecule has 1 aliphatic rings. The molecule has 3 nitrogen and oxygen atoms in total. The number of hydrogen-bond donors (Lipinski definition) is 1. The van der Waals surface area contributed by atoms with Crippen molar-refractivity contribution in [2.24, 2.45) is 0 Å². The Morgan fingerprint density at radius 3 is 2.38 bits per heavy atom. The highest BCUT2D eigenvalue weighted by molar-refractivity contribution is 6.30. The van der Waals surface area contributed by atoms with E-state index in [1.54, 1.807) is 0 Å². The van der Waals surface area contributed by atoms with Gasteiger partial charge in [0.05, 0.1) is 5.54 Å². The van der Waals surface area contributed by atoms with Gasteiger partial charge in [-0.25, -0.2) is 4.79 Å². The summed E-state index contributed by atoms with van der Waals surface area (Å²) in [5.74, 6) is 0. The molecule has 2 aromatic carbocycles. The van der Waals surface area contributed by atoms with E-state index in [1.807, 2.05) is 54.6 Å². The maximum atomic E-state index is 12.0. The molecule has 21 heavy (non-hydrogen) atoms. The number of amides is 1. The summed E-state index contributed by atoms with van der Waals surface area (Å²) in [7, 11) is 0. The van der Waals surface area contributed by atoms with E-state index >= 15 is 0 Å². The van der Waals surface area contributed by atoms with Gasteiger partial charge < -0.3 is 10.1 Å². The number of rotatable bonds is 4. The van der Waals surface area contributed by atoms with Crippen LogP contribution >= 0.6 is 11.6 Å². The van der Waals surface area contributed by atoms with Crippen LogP contribution < -0.4 is 5.32 Å². The number of ether oxygens (including phenoxy) is 1. The summed E-state index contributed by atoms with van der Waals surface area (Å²) in [5, 5.41) is 3.66. The lowest BCUT2D eigenvalue weighted by Crippen LogP contribution is -2.35. The average Bonchev–Trinajstić information content (AvgIpc) is 3.27. The molecule has 0 atom stereocenters. The molecule has 3 rings (SSSR count). The van der Waals surface area contributed by atoms with Crippen molar-refractivity contribution in [2.75, 3.05) is 0 Å². The van der Waals surface area contributed by atoms with Crippen LogP contribution in [0, 0.1) is 0 Å². The first-order valence-corrected chi connectivity index (χ1v) is 7.31. The van der Waals surface area contributed by atoms with E-state index in [9.17, 15) is 4.79 Å². The topological polar surface area (TPSA) is 38.3 Å². The van der Waals surface area contributed by atoms with Crippen molar-refractivity contribution in [3.8, 4) is 0 Å². The Bertz CT molecular complexity index is 621. The van der Waals surface area contributed by atoms with E-state index in [2.05, 4.69) is 5.32 Å². The molecule has 0 unspecified atom stereocenters. The van der Waals surface area contributed by atoms with Crippen LogP contribution in [0.2, 0.25) is 5.02 Å². The second kappa shape index (κ2) is 5.78. The van der Waals surface area contributed by atoms with Crippen LogP contribution in [-0.4, -0.2) is 6.09 Å². The summed E-state index contributed by atoms with van der Waals surface area (Å²) >= 11 is 5.89. The molecule has 0 aliphatic heterocycles. The van der Waals surface area contributed by atoms with Crippen molar-refractivity contribution in [3.05, 3.63) is 70.7 Å². The molecule has 2 aromatic rings. The van der Waals surface area contributed by atoms with E-state index in [0.717, 1.165) is 24.0 Å². The van der Waals surface area contributed by atoms with Crippen LogP contribution in [0.4, 0.5) is 4.79 Å². The molecule has 0 saturated heterocycles. The Kier molecular flexibility index (Phi) is 3.84. The van der Waals surface area contributed by atoms with Gasteiger partial charge in [-0.2, -0.15) is 0 Å². The van der Waals surface area contributed by atoms with Crippen LogP contribution in [-0.2, 0) is 16.9 Å². The quantitative estimate of drug-likeness (QED) is 0.916. The molecular formula is C17H16ClNO2. The van der Waals surface area contributed by atoms with Crippen molar-refractivity contribution in [1.29, 1.82) is 0 Å². The Hall–Kier alpha value is -2.00. The fraction of sp³-hybridized carbons (Fsp3) is 0.235. The zero-order chi connectivity index (χ0) is 14.7. The SMILES string of the molecule is O=C(NC1(c2ccc(Cl)cc2)CC1)OCc1ccccc1. The highest BCUT2D eigenvalue weighted by atomic mass is 35.5. The molecule has 1 N–H and O–H groups in total. The van der Waals surface area contributed by atoms with Crippen LogP contribution in [0.3, 0.4) is 0 Å². The molecule has 1 aliphatic carbocycles. The molecule has 0 heterocycles. The number of benzene rings is 2. The van der Waals surface area contributed by atoms with Crippen LogP contribution in [0.1, 0.15) is 24.0 Å². The fourth-order valence-corrected chi connectivity index (χ4v) is 2.46. The molecule has 108 valence electrons. The fourth-order valence-electron chi connectivity index (χ4n) is 2.33. The van der Waals surface area contributed by atoms with Crippen LogP contribution in [0.25, 0.3) is 0 Å². The minimum atomic E-state index is -0.383. The lowest BCUT2D eigenvalue weighted by Gasteiger charge is -2.18. The minimum Gasteiger partial charge on any atom is -0.445 e. The largest absolute Gasteiger partial charge is 0.445 e. The number of carbonyl (C=O) groups is 1. The molecular weight excluding hydrogens is 286 g/mol. The number of halogens is 1. The molecule has 1 fully saturated rings. The second-order valence-corrected chi connectivity index (χ2v) is 5.71. The lowest BCUT2D eigenvalue weighted by atomic mass is 10.1. The first-order chi connectivity index (χ1) is 10.2. The van der Waals surface area contributed by atoms with E-state index in [-0.39, 0.29) is 18.2 Å². The zero-order valence-electron chi connectivity index (χ0n) is 11.5. The highest BCUT2D eigenvalue weighted by Crippen LogP contribution is 2.45. The van der Waals surface area contributed by atoms with Gasteiger partial charge in [0.15, 0.2) is 0 Å². The summed E-state index contributed by atoms with van der Waals surface area (Å²) in [6.45, 7) is 0.281. The van der Waals surface area contributed by atoms with Gasteiger partial charge in [0.2, 0.25) is 0 Å². The summed E-state index contributed by atoms with van der Waals surface area (Å²) < 4.78 is 5.27. The van der Waals surface area contributed by atoms with Crippen molar-refractivity contribution in [2.45, 2.75) is 25.0 Å². The molecule has 1 saturated carbocycles. The standard InChI is InChI=1S/C17H16ClNO2/c18-15-8-6-14(7-9-15)17(10-11-17)19-16(20)21-12-13-4-2-1-3-5-13/h1-9H,10-12H2,(H,19,20). The molecule has 0 radical (unpaired) electrons. The van der Waals surface area contributed by atoms with Gasteiger partial charge in [-0.1, -0.05) is 54.1 Å². The van der Waals surface area contributed by atoms with Gasteiger partial charge in [-0.15, -0.1) is 0 Å². The number of carbonyl (C=O) groups excluding carboxylic acids is 1. The first kappa shape index (κ1) is 14.0. The third-order valence-corrected chi connectivity index (χ3v) is 3.95. The van der Waals surface area contributed by atoms with Gasteiger partial charge in [0.25, 0.3) is 0 Å². The van der Waals surface area contributed by atoms with Crippen molar-refractivity contribution in [1.82, 2.24) is 5.32 Å². The normalized spacial score (nSPS) is 15.3. The Balaban J connectivity index is 1.58. The third-order valence-electron chi connectivity index (χ3n) is 3.70. The Labute approximate surface area is 128 Å². The van der Waals surface area contributed by atoms with E-state index in [0.29, 0.717) is 5.02 Å². The van der Waals surface area contributed by atoms with E-state index < -0.39 is 0 Å². The predicted molar refractivity (Wildman–Crippen MR) is 82.1 cm³/mol. The summed E-state index contributed by atoms with van der Waals surface area (Å²) in [6, 6.07) is 17.2. The third kappa shape index (κ3) is 3.37. The molecule has 0 spiro atoms. The van der Waals surface area contributed by atoms with Gasteiger partial charge in [0, 0.05) is 5.02 Å². The minimum absolute atomic E-state index is 0.279. The number of alkyl carbamates (subject to hydrolysis) is 1. The molecule has 0 aromatic heterocycles.